The molecule has 8 heteroatoms. The van der Waals surface area contributed by atoms with Crippen LogP contribution in [0.4, 0.5) is 5.13 Å². The van der Waals surface area contributed by atoms with Crippen LogP contribution in [0.5, 0.6) is 0 Å². The fourth-order valence-corrected chi connectivity index (χ4v) is 4.61. The van der Waals surface area contributed by atoms with Crippen LogP contribution in [0.2, 0.25) is 0 Å². The number of nitrogens with zero attached hydrogens (tertiary/aromatic N) is 2. The fourth-order valence-electron chi connectivity index (χ4n) is 1.75. The molecule has 1 aromatic heterocycles. The lowest BCUT2D eigenvalue weighted by atomic mass is 10.2. The molecule has 0 unspecified atom stereocenters. The first-order chi connectivity index (χ1) is 9.56. The molecule has 2 heterocycles. The Morgan fingerprint density at radius 1 is 1.35 bits per heavy atom. The van der Waals surface area contributed by atoms with Gasteiger partial charge in [0.05, 0.1) is 11.4 Å². The first kappa shape index (κ1) is 14.2. The van der Waals surface area contributed by atoms with Gasteiger partial charge in [-0.15, -0.1) is 11.3 Å². The summed E-state index contributed by atoms with van der Waals surface area (Å²) in [6, 6.07) is 5.85. The number of anilines is 1. The van der Waals surface area contributed by atoms with E-state index in [4.69, 9.17) is 5.41 Å². The average Bonchev–Trinajstić information content (AvgIpc) is 2.97. The second-order valence-electron chi connectivity index (χ2n) is 3.96. The number of hydrogen-bond acceptors (Lipinski definition) is 5. The van der Waals surface area contributed by atoms with Gasteiger partial charge in [0.15, 0.2) is 10.3 Å². The first-order valence-electron chi connectivity index (χ1n) is 5.51. The highest BCUT2D eigenvalue weighted by Crippen LogP contribution is 2.35. The largest absolute Gasteiger partial charge is 0.278 e. The Labute approximate surface area is 140 Å². The van der Waals surface area contributed by atoms with Gasteiger partial charge in [-0.25, -0.2) is 9.88 Å². The lowest BCUT2D eigenvalue weighted by Crippen LogP contribution is -2.28. The zero-order valence-electron chi connectivity index (χ0n) is 9.89. The van der Waals surface area contributed by atoms with Gasteiger partial charge in [0.2, 0.25) is 5.91 Å². The summed E-state index contributed by atoms with van der Waals surface area (Å²) in [7, 11) is 0. The molecule has 1 amide bonds. The lowest BCUT2D eigenvalue weighted by Gasteiger charge is -2.09. The fraction of sp³-hybridized carbons (Fsp3) is 0.0833. The van der Waals surface area contributed by atoms with Crippen LogP contribution in [0.15, 0.2) is 32.5 Å². The molecular formula is C12H7Br2N3OS2. The first-order valence-corrected chi connectivity index (χ1v) is 8.96. The number of nitrogens with one attached hydrogen (secondary N) is 1. The summed E-state index contributed by atoms with van der Waals surface area (Å²) < 4.78 is 1.91. The summed E-state index contributed by atoms with van der Waals surface area (Å²) in [5.41, 5.74) is 1.75. The van der Waals surface area contributed by atoms with Gasteiger partial charge in [0.25, 0.3) is 0 Å². The van der Waals surface area contributed by atoms with Crippen molar-refractivity contribution in [3.05, 3.63) is 32.5 Å². The molecule has 1 fully saturated rings. The third-order valence-electron chi connectivity index (χ3n) is 2.68. The number of hydrogen-bond donors (Lipinski definition) is 1. The van der Waals surface area contributed by atoms with Crippen molar-refractivity contribution >= 4 is 71.2 Å². The number of carbonyl (C=O) groups is 1. The number of halogens is 2. The van der Waals surface area contributed by atoms with Gasteiger partial charge in [-0.2, -0.15) is 0 Å². The maximum absolute atomic E-state index is 11.8. The number of benzene rings is 1. The molecule has 0 spiro atoms. The SMILES string of the molecule is N=C1SCC(=O)N1c1nc(-c2ccc(Br)cc2Br)cs1. The third kappa shape index (κ3) is 2.57. The Balaban J connectivity index is 1.98. The number of carbonyl (C=O) groups excluding carboxylic acids is 1. The van der Waals surface area contributed by atoms with Crippen LogP contribution in [0.1, 0.15) is 0 Å². The van der Waals surface area contributed by atoms with Crippen molar-refractivity contribution in [3.63, 3.8) is 0 Å². The van der Waals surface area contributed by atoms with Crippen molar-refractivity contribution in [1.82, 2.24) is 4.98 Å². The standard InChI is InChI=1S/C12H7Br2N3OS2/c13-6-1-2-7(8(14)3-6)9-4-20-12(16-9)17-10(18)5-19-11(17)15/h1-4,15H,5H2. The zero-order valence-corrected chi connectivity index (χ0v) is 14.7. The maximum Gasteiger partial charge on any atom is 0.245 e. The smallest absolute Gasteiger partial charge is 0.245 e. The third-order valence-corrected chi connectivity index (χ3v) is 5.50. The van der Waals surface area contributed by atoms with E-state index in [1.807, 2.05) is 23.6 Å². The van der Waals surface area contributed by atoms with E-state index < -0.39 is 0 Å². The molecule has 0 atom stereocenters. The van der Waals surface area contributed by atoms with Crippen molar-refractivity contribution in [2.45, 2.75) is 0 Å². The molecule has 20 heavy (non-hydrogen) atoms. The molecule has 1 aromatic carbocycles. The maximum atomic E-state index is 11.8. The Bertz CT molecular complexity index is 700. The van der Waals surface area contributed by atoms with Gasteiger partial charge in [-0.05, 0) is 12.1 Å². The molecule has 1 aliphatic rings. The van der Waals surface area contributed by atoms with E-state index in [2.05, 4.69) is 36.8 Å². The van der Waals surface area contributed by atoms with Gasteiger partial charge in [0.1, 0.15) is 0 Å². The van der Waals surface area contributed by atoms with Crippen LogP contribution in [-0.2, 0) is 4.79 Å². The van der Waals surface area contributed by atoms with Crippen molar-refractivity contribution < 1.29 is 4.79 Å². The predicted octanol–water partition coefficient (Wildman–Crippen LogP) is 4.35. The summed E-state index contributed by atoms with van der Waals surface area (Å²) in [6.45, 7) is 0. The van der Waals surface area contributed by atoms with Gasteiger partial charge in [-0.3, -0.25) is 10.2 Å². The summed E-state index contributed by atoms with van der Waals surface area (Å²) in [5, 5.41) is 10.5. The minimum absolute atomic E-state index is 0.0872. The normalized spacial score (nSPS) is 15.2. The van der Waals surface area contributed by atoms with E-state index in [1.54, 1.807) is 0 Å². The van der Waals surface area contributed by atoms with Gasteiger partial charge in [0, 0.05) is 19.9 Å². The second-order valence-corrected chi connectivity index (χ2v) is 7.53. The number of rotatable bonds is 2. The average molecular weight is 433 g/mol. The van der Waals surface area contributed by atoms with Crippen molar-refractivity contribution in [2.75, 3.05) is 10.7 Å². The Morgan fingerprint density at radius 2 is 2.15 bits per heavy atom. The van der Waals surface area contributed by atoms with Crippen molar-refractivity contribution in [1.29, 1.82) is 5.41 Å². The molecule has 1 saturated heterocycles. The summed E-state index contributed by atoms with van der Waals surface area (Å²) in [5.74, 6) is 0.228. The predicted molar refractivity (Wildman–Crippen MR) is 90.6 cm³/mol. The van der Waals surface area contributed by atoms with Crippen LogP contribution in [0.3, 0.4) is 0 Å². The van der Waals surface area contributed by atoms with Crippen molar-refractivity contribution in [2.24, 2.45) is 0 Å². The van der Waals surface area contributed by atoms with E-state index >= 15 is 0 Å². The van der Waals surface area contributed by atoms with E-state index in [0.29, 0.717) is 10.9 Å². The number of amides is 1. The number of thioether (sulfide) groups is 1. The van der Waals surface area contributed by atoms with E-state index in [9.17, 15) is 4.79 Å². The topological polar surface area (TPSA) is 57.1 Å². The van der Waals surface area contributed by atoms with Gasteiger partial charge < -0.3 is 0 Å². The number of amidine groups is 1. The van der Waals surface area contributed by atoms with Crippen LogP contribution in [0, 0.1) is 5.41 Å². The molecule has 0 aliphatic carbocycles. The quantitative estimate of drug-likeness (QED) is 0.767. The molecule has 3 rings (SSSR count). The minimum Gasteiger partial charge on any atom is -0.278 e. The Morgan fingerprint density at radius 3 is 2.80 bits per heavy atom. The second kappa shape index (κ2) is 5.59. The van der Waals surface area contributed by atoms with E-state index in [1.165, 1.54) is 28.0 Å². The van der Waals surface area contributed by atoms with E-state index in [0.717, 1.165) is 20.2 Å². The molecule has 102 valence electrons. The Hall–Kier alpha value is -0.700. The molecule has 1 N–H and O–H groups in total. The van der Waals surface area contributed by atoms with Crippen LogP contribution in [0.25, 0.3) is 11.3 Å². The molecule has 4 nitrogen and oxygen atoms in total. The summed E-state index contributed by atoms with van der Waals surface area (Å²) in [6.07, 6.45) is 0. The monoisotopic (exact) mass is 431 g/mol. The Kier molecular flexibility index (Phi) is 3.98. The highest BCUT2D eigenvalue weighted by Gasteiger charge is 2.30. The molecule has 2 aromatic rings. The summed E-state index contributed by atoms with van der Waals surface area (Å²) >= 11 is 9.52. The van der Waals surface area contributed by atoms with Crippen LogP contribution >= 0.6 is 55.0 Å². The number of thiazole rings is 1. The summed E-state index contributed by atoms with van der Waals surface area (Å²) in [4.78, 5) is 17.6. The highest BCUT2D eigenvalue weighted by atomic mass is 79.9. The molecule has 1 aliphatic heterocycles. The molecule has 0 saturated carbocycles. The van der Waals surface area contributed by atoms with E-state index in [-0.39, 0.29) is 11.1 Å². The molecular weight excluding hydrogens is 426 g/mol. The molecule has 0 radical (unpaired) electrons. The number of aromatic nitrogens is 1. The van der Waals surface area contributed by atoms with Gasteiger partial charge in [-0.1, -0.05) is 49.7 Å². The zero-order chi connectivity index (χ0) is 14.3. The molecule has 0 bridgehead atoms. The van der Waals surface area contributed by atoms with Gasteiger partial charge >= 0.3 is 0 Å². The van der Waals surface area contributed by atoms with Crippen LogP contribution < -0.4 is 4.90 Å². The van der Waals surface area contributed by atoms with Crippen molar-refractivity contribution in [3.8, 4) is 11.3 Å². The highest BCUT2D eigenvalue weighted by molar-refractivity contribution is 9.11. The van der Waals surface area contributed by atoms with Crippen LogP contribution in [-0.4, -0.2) is 21.8 Å². The minimum atomic E-state index is -0.0872. The lowest BCUT2D eigenvalue weighted by molar-refractivity contribution is -0.115.